The molecule has 0 radical (unpaired) electrons. The van der Waals surface area contributed by atoms with E-state index in [0.717, 1.165) is 21.5 Å². The van der Waals surface area contributed by atoms with Crippen molar-refractivity contribution < 1.29 is 28.8 Å². The number of hydrogen-bond acceptors (Lipinski definition) is 9. The first-order valence-corrected chi connectivity index (χ1v) is 19.4. The molecule has 312 valence electrons. The predicted molar refractivity (Wildman–Crippen MR) is 218 cm³/mol. The predicted octanol–water partition coefficient (Wildman–Crippen LogP) is 0.402. The number of urea groups is 1. The van der Waals surface area contributed by atoms with E-state index in [0.29, 0.717) is 30.6 Å². The molecule has 18 nitrogen and oxygen atoms in total. The Kier molecular flexibility index (Phi) is 16.8. The van der Waals surface area contributed by atoms with Gasteiger partial charge in [0.15, 0.2) is 0 Å². The first-order chi connectivity index (χ1) is 27.7. The van der Waals surface area contributed by atoms with E-state index in [1.807, 2.05) is 44.2 Å². The number of nitrogens with two attached hydrogens (primary N) is 3. The molecule has 0 aliphatic carbocycles. The quantitative estimate of drug-likeness (QED) is 0.0412. The molecule has 13 N–H and O–H groups in total. The van der Waals surface area contributed by atoms with Crippen LogP contribution in [0.15, 0.2) is 73.3 Å². The first kappa shape index (κ1) is 44.4. The van der Waals surface area contributed by atoms with Crippen LogP contribution in [0.1, 0.15) is 56.9 Å². The number of H-pyrrole nitrogens is 2. The molecule has 58 heavy (non-hydrogen) atoms. The molecule has 2 aromatic heterocycles. The average molecular weight is 801 g/mol. The number of amides is 7. The number of hydrazine groups is 1. The summed E-state index contributed by atoms with van der Waals surface area (Å²) in [6, 6.07) is 10.2. The summed E-state index contributed by atoms with van der Waals surface area (Å²) in [5, 5.41) is 12.7. The lowest BCUT2D eigenvalue weighted by atomic mass is 10.0. The van der Waals surface area contributed by atoms with Crippen LogP contribution in [-0.2, 0) is 43.2 Å². The van der Waals surface area contributed by atoms with Gasteiger partial charge in [-0.25, -0.2) is 14.8 Å². The number of hydrogen-bond donors (Lipinski definition) is 10. The van der Waals surface area contributed by atoms with E-state index >= 15 is 0 Å². The second kappa shape index (κ2) is 21.9. The van der Waals surface area contributed by atoms with E-state index in [-0.39, 0.29) is 38.1 Å². The maximum Gasteiger partial charge on any atom is 0.336 e. The van der Waals surface area contributed by atoms with E-state index in [4.69, 9.17) is 17.2 Å². The summed E-state index contributed by atoms with van der Waals surface area (Å²) in [6.45, 7) is 5.57. The van der Waals surface area contributed by atoms with Crippen molar-refractivity contribution in [2.45, 2.75) is 89.5 Å². The number of aromatic nitrogens is 3. The van der Waals surface area contributed by atoms with Gasteiger partial charge in [0.2, 0.25) is 23.6 Å². The van der Waals surface area contributed by atoms with E-state index in [9.17, 15) is 28.8 Å². The van der Waals surface area contributed by atoms with Gasteiger partial charge in [0.05, 0.1) is 12.4 Å². The van der Waals surface area contributed by atoms with Gasteiger partial charge < -0.3 is 48.4 Å². The van der Waals surface area contributed by atoms with Crippen molar-refractivity contribution in [2.24, 2.45) is 23.1 Å². The number of nitrogens with one attached hydrogen (secondary N) is 7. The zero-order chi connectivity index (χ0) is 42.2. The number of rotatable bonds is 21. The summed E-state index contributed by atoms with van der Waals surface area (Å²) < 4.78 is 0. The van der Waals surface area contributed by atoms with Crippen molar-refractivity contribution in [3.63, 3.8) is 0 Å². The Bertz CT molecular complexity index is 1970. The minimum Gasteiger partial charge on any atom is -0.368 e. The Hall–Kier alpha value is -6.27. The molecule has 2 heterocycles. The van der Waals surface area contributed by atoms with E-state index in [2.05, 4.69) is 41.6 Å². The van der Waals surface area contributed by atoms with Crippen LogP contribution in [0.25, 0.3) is 10.9 Å². The first-order valence-electron chi connectivity index (χ1n) is 19.4. The molecule has 0 aliphatic heterocycles. The number of benzene rings is 2. The fourth-order valence-electron chi connectivity index (χ4n) is 6.22. The molecular weight excluding hydrogens is 745 g/mol. The Balaban J connectivity index is 1.57. The molecule has 4 rings (SSSR count). The third kappa shape index (κ3) is 13.4. The zero-order valence-electron chi connectivity index (χ0n) is 33.1. The number of nitrogens with zero attached hydrogens (tertiary/aromatic N) is 2. The van der Waals surface area contributed by atoms with Gasteiger partial charge in [-0.05, 0) is 55.8 Å². The fourth-order valence-corrected chi connectivity index (χ4v) is 6.22. The van der Waals surface area contributed by atoms with Gasteiger partial charge in [-0.15, -0.1) is 0 Å². The van der Waals surface area contributed by atoms with Crippen LogP contribution < -0.4 is 43.9 Å². The molecule has 5 atom stereocenters. The highest BCUT2D eigenvalue weighted by Crippen LogP contribution is 2.20. The number of fused-ring (bicyclic) bond motifs is 1. The summed E-state index contributed by atoms with van der Waals surface area (Å²) in [5.41, 5.74) is 22.8. The minimum atomic E-state index is -1.27. The molecule has 0 fully saturated rings. The van der Waals surface area contributed by atoms with Crippen LogP contribution in [0.4, 0.5) is 4.79 Å². The van der Waals surface area contributed by atoms with Gasteiger partial charge in [-0.2, -0.15) is 0 Å². The van der Waals surface area contributed by atoms with Gasteiger partial charge in [0, 0.05) is 54.8 Å². The number of aromatic amines is 2. The van der Waals surface area contributed by atoms with Crippen LogP contribution in [0.3, 0.4) is 0 Å². The Morgan fingerprint density at radius 2 is 1.43 bits per heavy atom. The number of para-hydroxylation sites is 1. The van der Waals surface area contributed by atoms with Crippen LogP contribution >= 0.6 is 0 Å². The normalized spacial score (nSPS) is 13.8. The Morgan fingerprint density at radius 1 is 0.759 bits per heavy atom. The van der Waals surface area contributed by atoms with Crippen molar-refractivity contribution in [1.82, 2.24) is 46.7 Å². The summed E-state index contributed by atoms with van der Waals surface area (Å²) >= 11 is 0. The Morgan fingerprint density at radius 3 is 2.09 bits per heavy atom. The second-order valence-electron chi connectivity index (χ2n) is 14.7. The van der Waals surface area contributed by atoms with E-state index < -0.39 is 65.8 Å². The highest BCUT2D eigenvalue weighted by molar-refractivity contribution is 5.95. The second-order valence-corrected chi connectivity index (χ2v) is 14.7. The van der Waals surface area contributed by atoms with Gasteiger partial charge in [-0.3, -0.25) is 29.4 Å². The summed E-state index contributed by atoms with van der Waals surface area (Å²) in [4.78, 5) is 90.7. The third-order valence-corrected chi connectivity index (χ3v) is 9.36. The molecule has 0 saturated heterocycles. The summed E-state index contributed by atoms with van der Waals surface area (Å²) in [5.74, 6) is -3.49. The molecule has 4 aromatic rings. The van der Waals surface area contributed by atoms with E-state index in [1.165, 1.54) is 13.3 Å². The molecule has 0 saturated carbocycles. The van der Waals surface area contributed by atoms with Gasteiger partial charge in [0.25, 0.3) is 5.91 Å². The lowest BCUT2D eigenvalue weighted by Crippen LogP contribution is -2.61. The lowest BCUT2D eigenvalue weighted by Gasteiger charge is -2.30. The average Bonchev–Trinajstić information content (AvgIpc) is 3.86. The largest absolute Gasteiger partial charge is 0.368 e. The van der Waals surface area contributed by atoms with Crippen molar-refractivity contribution >= 4 is 46.5 Å². The molecular formula is C40H56N12O6. The van der Waals surface area contributed by atoms with Crippen LogP contribution in [0.2, 0.25) is 0 Å². The third-order valence-electron chi connectivity index (χ3n) is 9.36. The van der Waals surface area contributed by atoms with Crippen molar-refractivity contribution in [1.29, 1.82) is 0 Å². The molecule has 7 amide bonds. The van der Waals surface area contributed by atoms with Crippen molar-refractivity contribution in [3.8, 4) is 0 Å². The lowest BCUT2D eigenvalue weighted by molar-refractivity contribution is -0.132. The molecule has 18 heteroatoms. The smallest absolute Gasteiger partial charge is 0.336 e. The zero-order valence-corrected chi connectivity index (χ0v) is 33.1. The fraction of sp³-hybridized carbons (Fsp3) is 0.425. The molecule has 0 aliphatic rings. The van der Waals surface area contributed by atoms with Crippen LogP contribution in [0.5, 0.6) is 0 Å². The molecule has 0 unspecified atom stereocenters. The Labute approximate surface area is 337 Å². The van der Waals surface area contributed by atoms with Crippen LogP contribution in [0, 0.1) is 5.92 Å². The van der Waals surface area contributed by atoms with Gasteiger partial charge in [0.1, 0.15) is 24.2 Å². The number of unbranched alkanes of at least 4 members (excludes halogenated alkanes) is 1. The monoisotopic (exact) mass is 800 g/mol. The maximum absolute atomic E-state index is 14.4. The number of carbonyl (C=O) groups excluding carboxylic acids is 6. The van der Waals surface area contributed by atoms with Gasteiger partial charge >= 0.3 is 6.03 Å². The highest BCUT2D eigenvalue weighted by Gasteiger charge is 2.32. The summed E-state index contributed by atoms with van der Waals surface area (Å²) in [7, 11) is 0. The number of imidazole rings is 1. The number of carbonyl (C=O) groups is 6. The standard InChI is InChI=1S/C40H56N12O6/c1-24(2)22-52(51-36(54)25(3)47-37(55)30(42)19-28-21-44-23-46-28)40(58)50-34(18-27-20-45-31-14-8-7-13-29(27)31)39(57)49-33(17-26-11-5-4-6-12-26)38(56)48-32(35(43)53)15-9-10-16-41/h4-8,11-14,20-21,23-25,30,32-34,45H,9-10,15-19,22,41-42H2,1-3H3,(H2,43,53)(H,44,46)(H,47,55)(H,48,56)(H,49,57)(H,50,58)(H,51,54)/t25-,30+,32+,33-,34+/m1/s1. The molecule has 0 spiro atoms. The number of primary amides is 1. The minimum absolute atomic E-state index is 0.00555. The SMILES string of the molecule is CC(C)CN(NC(=O)[C@@H](C)NC(=O)[C@@H](N)Cc1cnc[nH]1)C(=O)N[C@@H](Cc1c[nH]c2ccccc12)C(=O)N[C@H](Cc1ccccc1)C(=O)N[C@@H](CCCCN)C(N)=O. The summed E-state index contributed by atoms with van der Waals surface area (Å²) in [6.07, 6.45) is 6.40. The topological polar surface area (TPSA) is 288 Å². The molecule has 2 aromatic carbocycles. The maximum atomic E-state index is 14.4. The van der Waals surface area contributed by atoms with Crippen LogP contribution in [-0.4, -0.2) is 98.8 Å². The van der Waals surface area contributed by atoms with Crippen molar-refractivity contribution in [2.75, 3.05) is 13.1 Å². The highest BCUT2D eigenvalue weighted by atomic mass is 16.2. The molecule has 0 bridgehead atoms. The van der Waals surface area contributed by atoms with Gasteiger partial charge in [-0.1, -0.05) is 62.4 Å². The van der Waals surface area contributed by atoms with Crippen molar-refractivity contribution in [3.05, 3.63) is 90.1 Å². The van der Waals surface area contributed by atoms with E-state index in [1.54, 1.807) is 36.7 Å².